The van der Waals surface area contributed by atoms with Crippen molar-refractivity contribution in [2.45, 2.75) is 18.9 Å². The molecule has 0 bridgehead atoms. The fourth-order valence-corrected chi connectivity index (χ4v) is 3.37. The Hall–Kier alpha value is -3.26. The maximum absolute atomic E-state index is 13.0. The Morgan fingerprint density at radius 1 is 0.967 bits per heavy atom. The summed E-state index contributed by atoms with van der Waals surface area (Å²) in [5.74, 6) is 0.289. The van der Waals surface area contributed by atoms with Crippen LogP contribution in [0.4, 0.5) is 5.69 Å². The number of methoxy groups -OCH3 is 3. The van der Waals surface area contributed by atoms with Gasteiger partial charge in [0.2, 0.25) is 5.75 Å². The van der Waals surface area contributed by atoms with Crippen LogP contribution in [0.1, 0.15) is 33.6 Å². The van der Waals surface area contributed by atoms with Crippen LogP contribution in [0.2, 0.25) is 0 Å². The normalized spacial score (nSPS) is 15.4. The fourth-order valence-electron chi connectivity index (χ4n) is 3.37. The Balaban J connectivity index is 1.80. The summed E-state index contributed by atoms with van der Waals surface area (Å²) in [5.41, 5.74) is 1.01. The third-order valence-electron chi connectivity index (χ3n) is 4.88. The third-order valence-corrected chi connectivity index (χ3v) is 4.88. The molecule has 1 heterocycles. The number of anilines is 1. The number of rotatable bonds is 8. The van der Waals surface area contributed by atoms with E-state index in [2.05, 4.69) is 10.6 Å². The number of amides is 2. The fraction of sp³-hybridized carbons (Fsp3) is 0.364. The Kier molecular flexibility index (Phi) is 7.13. The molecule has 1 saturated heterocycles. The molecule has 1 aliphatic rings. The van der Waals surface area contributed by atoms with Crippen molar-refractivity contribution in [3.63, 3.8) is 0 Å². The molecule has 2 N–H and O–H groups in total. The first-order chi connectivity index (χ1) is 14.6. The van der Waals surface area contributed by atoms with E-state index < -0.39 is 5.91 Å². The molecule has 0 aromatic heterocycles. The molecule has 0 unspecified atom stereocenters. The highest BCUT2D eigenvalue weighted by Gasteiger charge is 2.23. The van der Waals surface area contributed by atoms with Crippen LogP contribution in [0.5, 0.6) is 17.2 Å². The first-order valence-electron chi connectivity index (χ1n) is 9.68. The zero-order valence-corrected chi connectivity index (χ0v) is 17.3. The van der Waals surface area contributed by atoms with Gasteiger partial charge in [-0.1, -0.05) is 12.1 Å². The highest BCUT2D eigenvalue weighted by molar-refractivity contribution is 6.10. The highest BCUT2D eigenvalue weighted by atomic mass is 16.5. The van der Waals surface area contributed by atoms with Gasteiger partial charge in [-0.2, -0.15) is 0 Å². The Morgan fingerprint density at radius 3 is 2.40 bits per heavy atom. The van der Waals surface area contributed by atoms with Crippen molar-refractivity contribution < 1.29 is 28.5 Å². The molecule has 3 rings (SSSR count). The minimum Gasteiger partial charge on any atom is -0.493 e. The minimum absolute atomic E-state index is 0.0340. The van der Waals surface area contributed by atoms with E-state index in [4.69, 9.17) is 18.9 Å². The van der Waals surface area contributed by atoms with E-state index in [-0.39, 0.29) is 23.3 Å². The molecule has 1 fully saturated rings. The lowest BCUT2D eigenvalue weighted by molar-refractivity contribution is 0.0858. The van der Waals surface area contributed by atoms with Gasteiger partial charge in [0.15, 0.2) is 11.5 Å². The van der Waals surface area contributed by atoms with Gasteiger partial charge in [-0.15, -0.1) is 0 Å². The lowest BCUT2D eigenvalue weighted by Gasteiger charge is -2.17. The van der Waals surface area contributed by atoms with Crippen LogP contribution in [0, 0.1) is 0 Å². The molecule has 2 amide bonds. The van der Waals surface area contributed by atoms with Crippen LogP contribution < -0.4 is 24.8 Å². The molecule has 2 aromatic carbocycles. The van der Waals surface area contributed by atoms with Gasteiger partial charge in [-0.3, -0.25) is 9.59 Å². The second-order valence-electron chi connectivity index (χ2n) is 6.73. The van der Waals surface area contributed by atoms with E-state index in [0.29, 0.717) is 29.3 Å². The second kappa shape index (κ2) is 9.98. The largest absolute Gasteiger partial charge is 0.493 e. The molecular weight excluding hydrogens is 388 g/mol. The molecule has 8 heteroatoms. The van der Waals surface area contributed by atoms with E-state index in [1.165, 1.54) is 21.3 Å². The van der Waals surface area contributed by atoms with Crippen molar-refractivity contribution >= 4 is 17.5 Å². The molecule has 160 valence electrons. The SMILES string of the molecule is COc1ccc(C(=O)Nc2ccccc2C(=O)NC[C@H]2CCCO2)c(OC)c1OC. The Morgan fingerprint density at radius 2 is 1.73 bits per heavy atom. The monoisotopic (exact) mass is 414 g/mol. The maximum Gasteiger partial charge on any atom is 0.259 e. The Bertz CT molecular complexity index is 908. The lowest BCUT2D eigenvalue weighted by atomic mass is 10.1. The van der Waals surface area contributed by atoms with Gasteiger partial charge in [0.25, 0.3) is 11.8 Å². The summed E-state index contributed by atoms with van der Waals surface area (Å²) in [5, 5.41) is 5.67. The summed E-state index contributed by atoms with van der Waals surface area (Å²) in [6, 6.07) is 10.0. The standard InChI is InChI=1S/C22H26N2O6/c1-27-18-11-10-16(19(28-2)20(18)29-3)22(26)24-17-9-5-4-8-15(17)21(25)23-13-14-7-6-12-30-14/h4-5,8-11,14H,6-7,12-13H2,1-3H3,(H,23,25)(H,24,26)/t14-/m1/s1. The van der Waals surface area contributed by atoms with Crippen molar-refractivity contribution in [2.75, 3.05) is 39.8 Å². The average molecular weight is 414 g/mol. The Labute approximate surface area is 175 Å². The van der Waals surface area contributed by atoms with Crippen molar-refractivity contribution in [1.29, 1.82) is 0 Å². The van der Waals surface area contributed by atoms with Gasteiger partial charge in [-0.25, -0.2) is 0 Å². The van der Waals surface area contributed by atoms with E-state index in [9.17, 15) is 9.59 Å². The van der Waals surface area contributed by atoms with E-state index in [1.54, 1.807) is 36.4 Å². The topological polar surface area (TPSA) is 95.1 Å². The van der Waals surface area contributed by atoms with E-state index in [0.717, 1.165) is 19.4 Å². The first kappa shape index (κ1) is 21.4. The summed E-state index contributed by atoms with van der Waals surface area (Å²) >= 11 is 0. The molecule has 30 heavy (non-hydrogen) atoms. The van der Waals surface area contributed by atoms with Crippen molar-refractivity contribution in [2.24, 2.45) is 0 Å². The van der Waals surface area contributed by atoms with Crippen LogP contribution in [-0.4, -0.2) is 52.4 Å². The van der Waals surface area contributed by atoms with Crippen molar-refractivity contribution in [3.8, 4) is 17.2 Å². The number of nitrogens with one attached hydrogen (secondary N) is 2. The molecule has 1 aliphatic heterocycles. The van der Waals surface area contributed by atoms with Crippen molar-refractivity contribution in [1.82, 2.24) is 5.32 Å². The third kappa shape index (κ3) is 4.65. The summed E-state index contributed by atoms with van der Waals surface area (Å²) in [6.45, 7) is 1.16. The van der Waals surface area contributed by atoms with Crippen LogP contribution in [0.3, 0.4) is 0 Å². The first-order valence-corrected chi connectivity index (χ1v) is 9.68. The lowest BCUT2D eigenvalue weighted by Crippen LogP contribution is -2.32. The molecular formula is C22H26N2O6. The van der Waals surface area contributed by atoms with Gasteiger partial charge >= 0.3 is 0 Å². The minimum atomic E-state index is -0.438. The number of carbonyl (C=O) groups is 2. The molecule has 2 aromatic rings. The molecule has 0 aliphatic carbocycles. The zero-order chi connectivity index (χ0) is 21.5. The molecule has 0 saturated carbocycles. The smallest absolute Gasteiger partial charge is 0.259 e. The number of benzene rings is 2. The number of hydrogen-bond donors (Lipinski definition) is 2. The molecule has 0 radical (unpaired) electrons. The molecule has 0 spiro atoms. The summed E-state index contributed by atoms with van der Waals surface area (Å²) in [7, 11) is 4.42. The van der Waals surface area contributed by atoms with Crippen LogP contribution in [0.15, 0.2) is 36.4 Å². The van der Waals surface area contributed by atoms with Crippen LogP contribution >= 0.6 is 0 Å². The van der Waals surface area contributed by atoms with Crippen LogP contribution in [-0.2, 0) is 4.74 Å². The second-order valence-corrected chi connectivity index (χ2v) is 6.73. The molecule has 8 nitrogen and oxygen atoms in total. The van der Waals surface area contributed by atoms with Gasteiger partial charge in [0.1, 0.15) is 0 Å². The van der Waals surface area contributed by atoms with Crippen LogP contribution in [0.25, 0.3) is 0 Å². The number of para-hydroxylation sites is 1. The zero-order valence-electron chi connectivity index (χ0n) is 17.3. The quantitative estimate of drug-likeness (QED) is 0.690. The summed E-state index contributed by atoms with van der Waals surface area (Å²) in [4.78, 5) is 25.6. The maximum atomic E-state index is 13.0. The van der Waals surface area contributed by atoms with Gasteiger partial charge in [0.05, 0.1) is 44.2 Å². The molecule has 1 atom stereocenters. The average Bonchev–Trinajstić information content (AvgIpc) is 3.30. The van der Waals surface area contributed by atoms with E-state index >= 15 is 0 Å². The number of hydrogen-bond acceptors (Lipinski definition) is 6. The van der Waals surface area contributed by atoms with Gasteiger partial charge < -0.3 is 29.6 Å². The predicted octanol–water partition coefficient (Wildman–Crippen LogP) is 2.87. The highest BCUT2D eigenvalue weighted by Crippen LogP contribution is 2.40. The van der Waals surface area contributed by atoms with Crippen molar-refractivity contribution in [3.05, 3.63) is 47.5 Å². The predicted molar refractivity (Wildman–Crippen MR) is 112 cm³/mol. The van der Waals surface area contributed by atoms with Gasteiger partial charge in [-0.05, 0) is 37.1 Å². The number of carbonyl (C=O) groups excluding carboxylic acids is 2. The number of ether oxygens (including phenoxy) is 4. The summed E-state index contributed by atoms with van der Waals surface area (Å²) in [6.07, 6.45) is 1.96. The summed E-state index contributed by atoms with van der Waals surface area (Å²) < 4.78 is 21.5. The van der Waals surface area contributed by atoms with E-state index in [1.807, 2.05) is 0 Å². The van der Waals surface area contributed by atoms with Gasteiger partial charge in [0, 0.05) is 13.2 Å².